The van der Waals surface area contributed by atoms with Crippen molar-refractivity contribution in [2.75, 3.05) is 100.0 Å². The predicted octanol–water partition coefficient (Wildman–Crippen LogP) is -4.05. The lowest BCUT2D eigenvalue weighted by molar-refractivity contribution is -0.870. The maximum Gasteiger partial charge on any atom is 0.208 e. The number of nitrogens with two attached hydrogens (primary N) is 2. The maximum absolute atomic E-state index is 11.9. The molecule has 2 rings (SSSR count). The molecule has 208 valence electrons. The molecule has 2 aromatic rings. The molecule has 0 spiro atoms. The fourth-order valence-corrected chi connectivity index (χ4v) is 4.02. The lowest BCUT2D eigenvalue weighted by Gasteiger charge is -2.23. The van der Waals surface area contributed by atoms with Crippen molar-refractivity contribution in [1.82, 2.24) is 0 Å². The second kappa shape index (κ2) is 13.8. The third-order valence-electron chi connectivity index (χ3n) is 6.17. The summed E-state index contributed by atoms with van der Waals surface area (Å²) in [5, 5.41) is 31.5. The standard InChI is InChI=1S/C26H45N7O4/c1-32(2,3)17-9-15-30-21-19(23(34)25(21)36)28-13-7-11-27-12-8-14-29-20-22(26(37)24(20)35)31-16-10-18-33(4,5)6/h27H,7-18H2,1-6H3,(H2-2,28,29,30,31,34,35,36,37)/p+2. The molecule has 0 fully saturated rings. The molecule has 2 aromatic carbocycles. The van der Waals surface area contributed by atoms with Crippen molar-refractivity contribution < 1.29 is 29.8 Å². The van der Waals surface area contributed by atoms with Gasteiger partial charge in [-0.15, -0.1) is 0 Å². The van der Waals surface area contributed by atoms with Crippen LogP contribution < -0.4 is 47.7 Å². The molecule has 37 heavy (non-hydrogen) atoms. The molecule has 0 heterocycles. The van der Waals surface area contributed by atoms with Gasteiger partial charge in [0, 0.05) is 51.1 Å². The van der Waals surface area contributed by atoms with E-state index < -0.39 is 22.4 Å². The number of nitrogens with zero attached hydrogens (tertiary/aromatic N) is 4. The summed E-state index contributed by atoms with van der Waals surface area (Å²) in [6.07, 6.45) is 3.47. The fraction of sp³-hybridized carbons (Fsp3) is 0.692. The Labute approximate surface area is 219 Å². The van der Waals surface area contributed by atoms with Gasteiger partial charge in [-0.2, -0.15) is 0 Å². The van der Waals surface area contributed by atoms with Gasteiger partial charge < -0.3 is 35.1 Å². The lowest BCUT2D eigenvalue weighted by atomic mass is 10.2. The average Bonchev–Trinajstić information content (AvgIpc) is 2.82. The van der Waals surface area contributed by atoms with E-state index in [2.05, 4.69) is 62.9 Å². The van der Waals surface area contributed by atoms with E-state index in [-0.39, 0.29) is 0 Å². The number of rotatable bonds is 18. The van der Waals surface area contributed by atoms with Crippen LogP contribution in [0.5, 0.6) is 11.5 Å². The van der Waals surface area contributed by atoms with Crippen LogP contribution in [-0.4, -0.2) is 104 Å². The molecule has 0 radical (unpaired) electrons. The Bertz CT molecular complexity index is 1070. The molecule has 0 aliphatic heterocycles. The molecule has 11 heteroatoms. The maximum atomic E-state index is 11.9. The van der Waals surface area contributed by atoms with Gasteiger partial charge in [-0.3, -0.25) is 19.6 Å². The first-order valence-corrected chi connectivity index (χ1v) is 13.3. The molecular weight excluding hydrogens is 474 g/mol. The van der Waals surface area contributed by atoms with Gasteiger partial charge in [0.25, 0.3) is 0 Å². The van der Waals surface area contributed by atoms with Crippen molar-refractivity contribution in [2.24, 2.45) is 9.98 Å². The second-order valence-electron chi connectivity index (χ2n) is 11.8. The highest BCUT2D eigenvalue weighted by Gasteiger charge is 2.15. The Hall–Kier alpha value is -2.60. The molecule has 0 aliphatic rings. The summed E-state index contributed by atoms with van der Waals surface area (Å²) in [6.45, 7) is 6.13. The van der Waals surface area contributed by atoms with E-state index in [0.29, 0.717) is 41.7 Å². The molecule has 0 saturated carbocycles. The van der Waals surface area contributed by atoms with Crippen LogP contribution in [0, 0.1) is 0 Å². The second-order valence-corrected chi connectivity index (χ2v) is 11.8. The summed E-state index contributed by atoms with van der Waals surface area (Å²) in [5.41, 5.74) is -0.113. The van der Waals surface area contributed by atoms with Crippen LogP contribution in [0.4, 0.5) is 11.4 Å². The number of hydrogen-bond donors (Lipinski definition) is 3. The van der Waals surface area contributed by atoms with Crippen molar-refractivity contribution >= 4 is 11.4 Å². The Balaban J connectivity index is 1.62. The Morgan fingerprint density at radius 3 is 1.86 bits per heavy atom. The van der Waals surface area contributed by atoms with Crippen LogP contribution in [0.25, 0.3) is 0 Å². The first kappa shape index (κ1) is 30.6. The number of hydrogen-bond acceptors (Lipinski definition) is 7. The fourth-order valence-electron chi connectivity index (χ4n) is 4.02. The molecule has 0 bridgehead atoms. The van der Waals surface area contributed by atoms with Crippen LogP contribution in [0.1, 0.15) is 25.7 Å². The normalized spacial score (nSPS) is 13.8. The summed E-state index contributed by atoms with van der Waals surface area (Å²) >= 11 is 0. The largest absolute Gasteiger partial charge is 0.868 e. The number of quaternary nitrogens is 4. The van der Waals surface area contributed by atoms with Gasteiger partial charge in [0.2, 0.25) is 5.43 Å². The van der Waals surface area contributed by atoms with Crippen molar-refractivity contribution in [3.63, 3.8) is 0 Å². The molecule has 0 unspecified atom stereocenters. The van der Waals surface area contributed by atoms with Gasteiger partial charge in [0.05, 0.1) is 80.7 Å². The monoisotopic (exact) mass is 521 g/mol. The SMILES string of the molecule is C[N+](C)(C)CCCN=c1c(NCCC[NH2+]CCC[NH2+]c2c([O-])c(=O)c2=NCCC[N+](C)(C)C)c([O-])c1=O. The summed E-state index contributed by atoms with van der Waals surface area (Å²) in [6, 6.07) is 0. The van der Waals surface area contributed by atoms with Gasteiger partial charge in [-0.1, -0.05) is 0 Å². The smallest absolute Gasteiger partial charge is 0.208 e. The predicted molar refractivity (Wildman–Crippen MR) is 141 cm³/mol. The van der Waals surface area contributed by atoms with E-state index in [4.69, 9.17) is 0 Å². The average molecular weight is 522 g/mol. The van der Waals surface area contributed by atoms with Gasteiger partial charge in [0.1, 0.15) is 5.36 Å². The highest BCUT2D eigenvalue weighted by atomic mass is 16.3. The van der Waals surface area contributed by atoms with Crippen LogP contribution in [0.3, 0.4) is 0 Å². The molecule has 0 atom stereocenters. The minimum absolute atomic E-state index is 0.295. The van der Waals surface area contributed by atoms with E-state index >= 15 is 0 Å². The molecule has 0 amide bonds. The quantitative estimate of drug-likeness (QED) is 0.135. The first-order valence-electron chi connectivity index (χ1n) is 13.3. The van der Waals surface area contributed by atoms with E-state index in [1.165, 1.54) is 0 Å². The third kappa shape index (κ3) is 9.99. The summed E-state index contributed by atoms with van der Waals surface area (Å²) < 4.78 is 1.68. The van der Waals surface area contributed by atoms with Crippen molar-refractivity contribution in [3.05, 3.63) is 31.2 Å². The molecular formula is C26H47N7O4+2. The molecule has 5 N–H and O–H groups in total. The van der Waals surface area contributed by atoms with Gasteiger partial charge in [-0.25, -0.2) is 0 Å². The Morgan fingerprint density at radius 2 is 1.27 bits per heavy atom. The van der Waals surface area contributed by atoms with Gasteiger partial charge in [0.15, 0.2) is 16.5 Å². The molecule has 0 aliphatic carbocycles. The summed E-state index contributed by atoms with van der Waals surface area (Å²) in [4.78, 5) is 32.4. The molecule has 0 saturated heterocycles. The zero-order chi connectivity index (χ0) is 27.6. The minimum atomic E-state index is -0.488. The van der Waals surface area contributed by atoms with Crippen LogP contribution in [0.15, 0.2) is 19.6 Å². The number of anilines is 1. The molecule has 0 aromatic heterocycles. The van der Waals surface area contributed by atoms with E-state index in [0.717, 1.165) is 67.4 Å². The summed E-state index contributed by atoms with van der Waals surface area (Å²) in [5.74, 6) is -0.888. The van der Waals surface area contributed by atoms with Crippen molar-refractivity contribution in [3.8, 4) is 11.5 Å². The van der Waals surface area contributed by atoms with Crippen LogP contribution in [0.2, 0.25) is 0 Å². The van der Waals surface area contributed by atoms with Crippen molar-refractivity contribution in [1.29, 1.82) is 0 Å². The van der Waals surface area contributed by atoms with Crippen LogP contribution >= 0.6 is 0 Å². The van der Waals surface area contributed by atoms with E-state index in [9.17, 15) is 19.8 Å². The van der Waals surface area contributed by atoms with Crippen molar-refractivity contribution in [2.45, 2.75) is 25.7 Å². The lowest BCUT2D eigenvalue weighted by Crippen LogP contribution is -2.87. The van der Waals surface area contributed by atoms with E-state index in [1.807, 2.05) is 5.32 Å². The highest BCUT2D eigenvalue weighted by Crippen LogP contribution is 2.11. The highest BCUT2D eigenvalue weighted by molar-refractivity contribution is 5.59. The van der Waals surface area contributed by atoms with Gasteiger partial charge >= 0.3 is 0 Å². The Kier molecular flexibility index (Phi) is 11.4. The van der Waals surface area contributed by atoms with Gasteiger partial charge in [-0.05, 0) is 5.75 Å². The minimum Gasteiger partial charge on any atom is -0.868 e. The summed E-state index contributed by atoms with van der Waals surface area (Å²) in [7, 11) is 12.7. The zero-order valence-electron chi connectivity index (χ0n) is 23.6. The third-order valence-corrected chi connectivity index (χ3v) is 6.17. The Morgan fingerprint density at radius 1 is 0.730 bits per heavy atom. The topological polar surface area (TPSA) is 150 Å². The number of nitrogens with one attached hydrogen (secondary N) is 1. The van der Waals surface area contributed by atoms with E-state index in [1.54, 1.807) is 0 Å². The van der Waals surface area contributed by atoms with Crippen LogP contribution in [-0.2, 0) is 0 Å². The molecule has 11 nitrogen and oxygen atoms in total. The zero-order valence-corrected chi connectivity index (χ0v) is 23.6. The first-order chi connectivity index (χ1) is 17.3.